The Kier molecular flexibility index (Phi) is 2.49. The van der Waals surface area contributed by atoms with Crippen LogP contribution in [-0.4, -0.2) is 12.3 Å². The highest BCUT2D eigenvalue weighted by molar-refractivity contribution is 5.97. The van der Waals surface area contributed by atoms with Gasteiger partial charge >= 0.3 is 0 Å². The van der Waals surface area contributed by atoms with Gasteiger partial charge in [-0.1, -0.05) is 10.7 Å². The van der Waals surface area contributed by atoms with Crippen molar-refractivity contribution in [2.24, 2.45) is 5.16 Å². The van der Waals surface area contributed by atoms with E-state index in [0.717, 1.165) is 18.6 Å². The molecule has 0 fully saturated rings. The minimum absolute atomic E-state index is 0.663. The van der Waals surface area contributed by atoms with Gasteiger partial charge in [0.2, 0.25) is 0 Å². The topological polar surface area (TPSA) is 21.6 Å². The van der Waals surface area contributed by atoms with Gasteiger partial charge in [0, 0.05) is 0 Å². The van der Waals surface area contributed by atoms with Gasteiger partial charge in [0.15, 0.2) is 0 Å². The van der Waals surface area contributed by atoms with Crippen LogP contribution in [0.5, 0.6) is 0 Å². The Balaban J connectivity index is 2.43. The molecular weight excluding hydrogens is 126 g/mol. The lowest BCUT2D eigenvalue weighted by Gasteiger charge is -1.92. The van der Waals surface area contributed by atoms with Gasteiger partial charge < -0.3 is 4.84 Å². The minimum Gasteiger partial charge on any atom is -0.396 e. The number of allylic oxidation sites excluding steroid dienone is 2. The van der Waals surface area contributed by atoms with Crippen molar-refractivity contribution in [2.75, 3.05) is 6.61 Å². The van der Waals surface area contributed by atoms with Gasteiger partial charge in [-0.25, -0.2) is 0 Å². The van der Waals surface area contributed by atoms with Crippen molar-refractivity contribution in [1.29, 1.82) is 0 Å². The third-order valence-electron chi connectivity index (χ3n) is 1.50. The maximum atomic E-state index is 4.91. The summed E-state index contributed by atoms with van der Waals surface area (Å²) >= 11 is 0. The van der Waals surface area contributed by atoms with Gasteiger partial charge in [0.25, 0.3) is 0 Å². The lowest BCUT2D eigenvalue weighted by Crippen LogP contribution is -1.89. The molecule has 0 aromatic rings. The zero-order valence-corrected chi connectivity index (χ0v) is 6.55. The maximum absolute atomic E-state index is 4.91. The second kappa shape index (κ2) is 3.40. The van der Waals surface area contributed by atoms with Crippen molar-refractivity contribution < 1.29 is 4.84 Å². The Hall–Kier alpha value is -0.790. The highest BCUT2D eigenvalue weighted by Crippen LogP contribution is 2.14. The molecule has 1 rings (SSSR count). The van der Waals surface area contributed by atoms with Gasteiger partial charge in [0.1, 0.15) is 6.61 Å². The van der Waals surface area contributed by atoms with Crippen molar-refractivity contribution in [2.45, 2.75) is 26.7 Å². The second-order valence-corrected chi connectivity index (χ2v) is 2.49. The van der Waals surface area contributed by atoms with Crippen LogP contribution in [-0.2, 0) is 4.84 Å². The van der Waals surface area contributed by atoms with E-state index in [1.807, 2.05) is 6.92 Å². The van der Waals surface area contributed by atoms with Crippen molar-refractivity contribution in [3.05, 3.63) is 11.6 Å². The SMILES string of the molecule is CCO/N=C1/C=C(C)CC1. The third-order valence-corrected chi connectivity index (χ3v) is 1.50. The molecule has 0 atom stereocenters. The van der Waals surface area contributed by atoms with Crippen LogP contribution in [0.1, 0.15) is 26.7 Å². The predicted molar refractivity (Wildman–Crippen MR) is 42.1 cm³/mol. The molecule has 0 radical (unpaired) electrons. The molecule has 0 aromatic heterocycles. The molecule has 0 N–H and O–H groups in total. The van der Waals surface area contributed by atoms with Crippen molar-refractivity contribution in [3.63, 3.8) is 0 Å². The average molecular weight is 139 g/mol. The van der Waals surface area contributed by atoms with Crippen molar-refractivity contribution in [3.8, 4) is 0 Å². The van der Waals surface area contributed by atoms with E-state index in [-0.39, 0.29) is 0 Å². The van der Waals surface area contributed by atoms with Crippen molar-refractivity contribution >= 4 is 5.71 Å². The summed E-state index contributed by atoms with van der Waals surface area (Å²) in [5.41, 5.74) is 2.48. The van der Waals surface area contributed by atoms with E-state index in [2.05, 4.69) is 18.2 Å². The van der Waals surface area contributed by atoms with Crippen LogP contribution in [0.2, 0.25) is 0 Å². The highest BCUT2D eigenvalue weighted by Gasteiger charge is 2.05. The molecule has 0 spiro atoms. The lowest BCUT2D eigenvalue weighted by molar-refractivity contribution is 0.158. The van der Waals surface area contributed by atoms with Gasteiger partial charge in [-0.15, -0.1) is 0 Å². The van der Waals surface area contributed by atoms with E-state index < -0.39 is 0 Å². The van der Waals surface area contributed by atoms with E-state index >= 15 is 0 Å². The standard InChI is InChI=1S/C8H13NO/c1-3-10-9-8-5-4-7(2)6-8/h6H,3-5H2,1-2H3/b9-8+. The number of hydrogen-bond donors (Lipinski definition) is 0. The van der Waals surface area contributed by atoms with Crippen LogP contribution in [0.25, 0.3) is 0 Å². The summed E-state index contributed by atoms with van der Waals surface area (Å²) in [6.45, 7) is 4.72. The summed E-state index contributed by atoms with van der Waals surface area (Å²) in [6.07, 6.45) is 4.29. The van der Waals surface area contributed by atoms with Gasteiger partial charge in [0.05, 0.1) is 5.71 Å². The molecule has 2 nitrogen and oxygen atoms in total. The summed E-state index contributed by atoms with van der Waals surface area (Å²) in [5.74, 6) is 0. The van der Waals surface area contributed by atoms with Crippen LogP contribution in [0, 0.1) is 0 Å². The Morgan fingerprint density at radius 2 is 2.40 bits per heavy atom. The maximum Gasteiger partial charge on any atom is 0.114 e. The number of rotatable bonds is 2. The molecule has 0 aliphatic heterocycles. The van der Waals surface area contributed by atoms with E-state index in [4.69, 9.17) is 4.84 Å². The molecule has 0 unspecified atom stereocenters. The molecule has 1 aliphatic rings. The molecule has 1 aliphatic carbocycles. The zero-order chi connectivity index (χ0) is 7.40. The van der Waals surface area contributed by atoms with E-state index in [9.17, 15) is 0 Å². The Morgan fingerprint density at radius 1 is 1.60 bits per heavy atom. The van der Waals surface area contributed by atoms with Crippen LogP contribution in [0.15, 0.2) is 16.8 Å². The molecular formula is C8H13NO. The fraction of sp³-hybridized carbons (Fsp3) is 0.625. The molecule has 0 aromatic carbocycles. The number of oxime groups is 1. The first-order valence-corrected chi connectivity index (χ1v) is 3.69. The summed E-state index contributed by atoms with van der Waals surface area (Å²) in [4.78, 5) is 4.91. The summed E-state index contributed by atoms with van der Waals surface area (Å²) < 4.78 is 0. The fourth-order valence-corrected chi connectivity index (χ4v) is 0.973. The summed E-state index contributed by atoms with van der Waals surface area (Å²) in [7, 11) is 0. The minimum atomic E-state index is 0.663. The zero-order valence-electron chi connectivity index (χ0n) is 6.55. The molecule has 0 saturated heterocycles. The van der Waals surface area contributed by atoms with E-state index in [0.29, 0.717) is 6.61 Å². The molecule has 2 heteroatoms. The fourth-order valence-electron chi connectivity index (χ4n) is 0.973. The second-order valence-electron chi connectivity index (χ2n) is 2.49. The Bertz CT molecular complexity index is 170. The first-order valence-electron chi connectivity index (χ1n) is 3.69. The Morgan fingerprint density at radius 3 is 2.90 bits per heavy atom. The van der Waals surface area contributed by atoms with Crippen LogP contribution in [0.4, 0.5) is 0 Å². The van der Waals surface area contributed by atoms with Crippen LogP contribution in [0.3, 0.4) is 0 Å². The molecule has 0 bridgehead atoms. The first-order chi connectivity index (χ1) is 4.83. The van der Waals surface area contributed by atoms with Crippen LogP contribution < -0.4 is 0 Å². The normalized spacial score (nSPS) is 21.4. The molecule has 56 valence electrons. The van der Waals surface area contributed by atoms with Gasteiger partial charge in [-0.3, -0.25) is 0 Å². The molecule has 0 amide bonds. The predicted octanol–water partition coefficient (Wildman–Crippen LogP) is 2.12. The molecule has 0 heterocycles. The number of hydrogen-bond acceptors (Lipinski definition) is 2. The average Bonchev–Trinajstić information content (AvgIpc) is 2.31. The highest BCUT2D eigenvalue weighted by atomic mass is 16.6. The smallest absolute Gasteiger partial charge is 0.114 e. The summed E-state index contributed by atoms with van der Waals surface area (Å²) in [5, 5.41) is 3.93. The third kappa shape index (κ3) is 1.87. The largest absolute Gasteiger partial charge is 0.396 e. The number of nitrogens with zero attached hydrogens (tertiary/aromatic N) is 1. The van der Waals surface area contributed by atoms with Gasteiger partial charge in [-0.2, -0.15) is 0 Å². The first kappa shape index (κ1) is 7.32. The molecule has 0 saturated carbocycles. The van der Waals surface area contributed by atoms with Gasteiger partial charge in [-0.05, 0) is 32.8 Å². The Labute approximate surface area is 61.6 Å². The van der Waals surface area contributed by atoms with E-state index in [1.165, 1.54) is 5.57 Å². The molecule has 10 heavy (non-hydrogen) atoms. The monoisotopic (exact) mass is 139 g/mol. The van der Waals surface area contributed by atoms with E-state index in [1.54, 1.807) is 0 Å². The summed E-state index contributed by atoms with van der Waals surface area (Å²) in [6, 6.07) is 0. The van der Waals surface area contributed by atoms with Crippen LogP contribution >= 0.6 is 0 Å². The quantitative estimate of drug-likeness (QED) is 0.537. The lowest BCUT2D eigenvalue weighted by atomic mass is 10.3. The van der Waals surface area contributed by atoms with Crippen molar-refractivity contribution in [1.82, 2.24) is 0 Å².